The molecule has 0 saturated carbocycles. The summed E-state index contributed by atoms with van der Waals surface area (Å²) in [6.45, 7) is 5.68. The maximum absolute atomic E-state index is 13.1. The Morgan fingerprint density at radius 2 is 1.56 bits per heavy atom. The van der Waals surface area contributed by atoms with Gasteiger partial charge in [-0.3, -0.25) is 4.79 Å². The smallest absolute Gasteiger partial charge is 0.336 e. The topological polar surface area (TPSA) is 57.6 Å². The zero-order chi connectivity index (χ0) is 18.0. The number of carbonyl (C=O) groups is 2. The number of hydrogen-bond acceptors (Lipinski definition) is 3. The molecule has 1 heterocycles. The molecule has 1 aliphatic heterocycles. The summed E-state index contributed by atoms with van der Waals surface area (Å²) >= 11 is 1.87. The standard InChI is InChI=1S/C20H21NO3S/c1-20(2)13-21(11-12-25-20)18(22)16-9-5-3-7-14(16)15-8-4-6-10-17(15)19(23)24/h3-10H,11-13H2,1-2H3,(H,23,24). The highest BCUT2D eigenvalue weighted by Crippen LogP contribution is 2.32. The molecule has 5 heteroatoms. The first-order chi connectivity index (χ1) is 11.9. The summed E-state index contributed by atoms with van der Waals surface area (Å²) in [6, 6.07) is 14.1. The number of amides is 1. The molecule has 1 amide bonds. The molecular weight excluding hydrogens is 334 g/mol. The number of rotatable bonds is 3. The number of thioether (sulfide) groups is 1. The Kier molecular flexibility index (Phi) is 4.86. The van der Waals surface area contributed by atoms with Gasteiger partial charge in [-0.1, -0.05) is 36.4 Å². The second kappa shape index (κ2) is 6.92. The summed E-state index contributed by atoms with van der Waals surface area (Å²) in [4.78, 5) is 26.6. The summed E-state index contributed by atoms with van der Waals surface area (Å²) in [7, 11) is 0. The number of aromatic carboxylic acids is 1. The van der Waals surface area contributed by atoms with Crippen LogP contribution in [-0.2, 0) is 0 Å². The van der Waals surface area contributed by atoms with Crippen molar-refractivity contribution in [2.45, 2.75) is 18.6 Å². The van der Waals surface area contributed by atoms with E-state index in [1.54, 1.807) is 30.3 Å². The van der Waals surface area contributed by atoms with E-state index in [0.29, 0.717) is 29.8 Å². The highest BCUT2D eigenvalue weighted by atomic mass is 32.2. The third-order valence-electron chi connectivity index (χ3n) is 4.32. The van der Waals surface area contributed by atoms with Gasteiger partial charge >= 0.3 is 5.97 Å². The first kappa shape index (κ1) is 17.5. The number of benzene rings is 2. The Morgan fingerprint density at radius 1 is 1.00 bits per heavy atom. The zero-order valence-electron chi connectivity index (χ0n) is 14.4. The first-order valence-corrected chi connectivity index (χ1v) is 9.22. The van der Waals surface area contributed by atoms with E-state index in [1.807, 2.05) is 34.9 Å². The fourth-order valence-corrected chi connectivity index (χ4v) is 4.28. The Balaban J connectivity index is 2.03. The third kappa shape index (κ3) is 3.71. The van der Waals surface area contributed by atoms with Gasteiger partial charge in [0.05, 0.1) is 5.56 Å². The van der Waals surface area contributed by atoms with Gasteiger partial charge in [0.2, 0.25) is 0 Å². The highest BCUT2D eigenvalue weighted by molar-refractivity contribution is 8.00. The van der Waals surface area contributed by atoms with Gasteiger partial charge in [0.15, 0.2) is 0 Å². The molecule has 2 aromatic carbocycles. The molecule has 0 aromatic heterocycles. The number of carbonyl (C=O) groups excluding carboxylic acids is 1. The Labute approximate surface area is 151 Å². The fourth-order valence-electron chi connectivity index (χ4n) is 3.17. The predicted molar refractivity (Wildman–Crippen MR) is 101 cm³/mol. The molecule has 2 aromatic rings. The van der Waals surface area contributed by atoms with Crippen LogP contribution in [0.3, 0.4) is 0 Å². The minimum absolute atomic E-state index is 0.0296. The van der Waals surface area contributed by atoms with E-state index >= 15 is 0 Å². The average Bonchev–Trinajstić information content (AvgIpc) is 2.60. The van der Waals surface area contributed by atoms with E-state index in [2.05, 4.69) is 13.8 Å². The molecule has 0 radical (unpaired) electrons. The van der Waals surface area contributed by atoms with Crippen LogP contribution in [0.25, 0.3) is 11.1 Å². The van der Waals surface area contributed by atoms with Crippen molar-refractivity contribution in [2.24, 2.45) is 0 Å². The summed E-state index contributed by atoms with van der Waals surface area (Å²) in [5.74, 6) is -0.121. The Hall–Kier alpha value is -2.27. The van der Waals surface area contributed by atoms with Crippen LogP contribution in [0.1, 0.15) is 34.6 Å². The molecule has 0 atom stereocenters. The lowest BCUT2D eigenvalue weighted by Crippen LogP contribution is -2.46. The van der Waals surface area contributed by atoms with E-state index in [4.69, 9.17) is 0 Å². The lowest BCUT2D eigenvalue weighted by molar-refractivity contribution is 0.0695. The molecule has 3 rings (SSSR count). The lowest BCUT2D eigenvalue weighted by Gasteiger charge is -2.37. The fraction of sp³-hybridized carbons (Fsp3) is 0.300. The SMILES string of the molecule is CC1(C)CN(C(=O)c2ccccc2-c2ccccc2C(=O)O)CCS1. The van der Waals surface area contributed by atoms with Gasteiger partial charge in [0.25, 0.3) is 5.91 Å². The van der Waals surface area contributed by atoms with Crippen LogP contribution in [0, 0.1) is 0 Å². The molecule has 0 aliphatic carbocycles. The van der Waals surface area contributed by atoms with Crippen molar-refractivity contribution in [3.05, 3.63) is 59.7 Å². The minimum atomic E-state index is -0.992. The van der Waals surface area contributed by atoms with Crippen LogP contribution in [-0.4, -0.2) is 45.5 Å². The van der Waals surface area contributed by atoms with Gasteiger partial charge < -0.3 is 10.0 Å². The minimum Gasteiger partial charge on any atom is -0.478 e. The van der Waals surface area contributed by atoms with Crippen LogP contribution in [0.15, 0.2) is 48.5 Å². The second-order valence-corrected chi connectivity index (χ2v) is 8.53. The van der Waals surface area contributed by atoms with Crippen LogP contribution < -0.4 is 0 Å². The van der Waals surface area contributed by atoms with E-state index in [-0.39, 0.29) is 16.2 Å². The van der Waals surface area contributed by atoms with Gasteiger partial charge in [-0.05, 0) is 37.1 Å². The molecule has 0 spiro atoms. The molecule has 1 N–H and O–H groups in total. The van der Waals surface area contributed by atoms with Gasteiger partial charge in [-0.25, -0.2) is 4.79 Å². The number of nitrogens with zero attached hydrogens (tertiary/aromatic N) is 1. The van der Waals surface area contributed by atoms with Crippen molar-refractivity contribution in [2.75, 3.05) is 18.8 Å². The van der Waals surface area contributed by atoms with Crippen molar-refractivity contribution in [1.29, 1.82) is 0 Å². The van der Waals surface area contributed by atoms with Gasteiger partial charge in [-0.2, -0.15) is 11.8 Å². The van der Waals surface area contributed by atoms with Crippen LogP contribution >= 0.6 is 11.8 Å². The van der Waals surface area contributed by atoms with Crippen molar-refractivity contribution < 1.29 is 14.7 Å². The molecule has 0 bridgehead atoms. The molecule has 1 fully saturated rings. The van der Waals surface area contributed by atoms with Gasteiger partial charge in [0, 0.05) is 29.2 Å². The van der Waals surface area contributed by atoms with Crippen LogP contribution in [0.2, 0.25) is 0 Å². The van der Waals surface area contributed by atoms with E-state index < -0.39 is 5.97 Å². The third-order valence-corrected chi connectivity index (χ3v) is 5.62. The van der Waals surface area contributed by atoms with Crippen LogP contribution in [0.4, 0.5) is 0 Å². The second-order valence-electron chi connectivity index (χ2n) is 6.73. The predicted octanol–water partition coefficient (Wildman–Crippen LogP) is 4.02. The van der Waals surface area contributed by atoms with Crippen molar-refractivity contribution in [3.63, 3.8) is 0 Å². The van der Waals surface area contributed by atoms with E-state index in [1.165, 1.54) is 0 Å². The first-order valence-electron chi connectivity index (χ1n) is 8.24. The number of carboxylic acid groups (broad SMARTS) is 1. The monoisotopic (exact) mass is 355 g/mol. The maximum Gasteiger partial charge on any atom is 0.336 e. The Morgan fingerprint density at radius 3 is 2.16 bits per heavy atom. The Bertz CT molecular complexity index is 816. The van der Waals surface area contributed by atoms with Gasteiger partial charge in [0.1, 0.15) is 0 Å². The molecular formula is C20H21NO3S. The summed E-state index contributed by atoms with van der Waals surface area (Å²) in [5, 5.41) is 9.48. The van der Waals surface area contributed by atoms with E-state index in [0.717, 1.165) is 5.75 Å². The summed E-state index contributed by atoms with van der Waals surface area (Å²) in [6.07, 6.45) is 0. The number of hydrogen-bond donors (Lipinski definition) is 1. The number of carboxylic acids is 1. The maximum atomic E-state index is 13.1. The van der Waals surface area contributed by atoms with Crippen molar-refractivity contribution in [1.82, 2.24) is 4.90 Å². The zero-order valence-corrected chi connectivity index (χ0v) is 15.2. The molecule has 25 heavy (non-hydrogen) atoms. The largest absolute Gasteiger partial charge is 0.478 e. The highest BCUT2D eigenvalue weighted by Gasteiger charge is 2.31. The van der Waals surface area contributed by atoms with Crippen LogP contribution in [0.5, 0.6) is 0 Å². The molecule has 4 nitrogen and oxygen atoms in total. The molecule has 1 saturated heterocycles. The normalized spacial score (nSPS) is 16.5. The quantitative estimate of drug-likeness (QED) is 0.903. The molecule has 1 aliphatic rings. The lowest BCUT2D eigenvalue weighted by atomic mass is 9.94. The summed E-state index contributed by atoms with van der Waals surface area (Å²) < 4.78 is 0.0296. The van der Waals surface area contributed by atoms with E-state index in [9.17, 15) is 14.7 Å². The average molecular weight is 355 g/mol. The molecule has 0 unspecified atom stereocenters. The van der Waals surface area contributed by atoms with Crippen molar-refractivity contribution in [3.8, 4) is 11.1 Å². The summed E-state index contributed by atoms with van der Waals surface area (Å²) in [5.41, 5.74) is 2.00. The van der Waals surface area contributed by atoms with Crippen molar-refractivity contribution >= 4 is 23.6 Å². The molecule has 130 valence electrons. The van der Waals surface area contributed by atoms with Gasteiger partial charge in [-0.15, -0.1) is 0 Å².